The number of nitrogens with one attached hydrogen (secondary N) is 1. The molecule has 1 aromatic rings. The van der Waals surface area contributed by atoms with Gasteiger partial charge in [-0.1, -0.05) is 26.7 Å². The van der Waals surface area contributed by atoms with Crippen molar-refractivity contribution in [2.24, 2.45) is 5.92 Å². The Bertz CT molecular complexity index is 311. The molecule has 98 valence electrons. The Morgan fingerprint density at radius 2 is 1.88 bits per heavy atom. The first kappa shape index (κ1) is 14.7. The third-order valence-electron chi connectivity index (χ3n) is 3.09. The number of hydrogen-bond acceptors (Lipinski definition) is 3. The largest absolute Gasteiger partial charge is 0.308 e. The Labute approximate surface area is 110 Å². The zero-order valence-corrected chi connectivity index (χ0v) is 12.7. The summed E-state index contributed by atoms with van der Waals surface area (Å²) in [6, 6.07) is 0.596. The fraction of sp³-hybridized carbons (Fsp3) is 0.786. The average Bonchev–Trinajstić information content (AvgIpc) is 2.55. The highest BCUT2D eigenvalue weighted by molar-refractivity contribution is 7.11. The van der Waals surface area contributed by atoms with E-state index in [4.69, 9.17) is 0 Å². The molecular formula is C14H26N2S. The second-order valence-electron chi connectivity index (χ2n) is 5.36. The van der Waals surface area contributed by atoms with Crippen LogP contribution < -0.4 is 5.32 Å². The SMILES string of the molecule is Cc1nc(CNC(C)CCCC(C)C)sc1C. The van der Waals surface area contributed by atoms with Crippen LogP contribution in [-0.4, -0.2) is 11.0 Å². The van der Waals surface area contributed by atoms with Crippen LogP contribution in [0, 0.1) is 19.8 Å². The summed E-state index contributed by atoms with van der Waals surface area (Å²) in [5, 5.41) is 4.78. The van der Waals surface area contributed by atoms with E-state index in [0.29, 0.717) is 6.04 Å². The molecule has 0 aromatic carbocycles. The van der Waals surface area contributed by atoms with Crippen LogP contribution >= 0.6 is 11.3 Å². The van der Waals surface area contributed by atoms with Crippen molar-refractivity contribution in [1.82, 2.24) is 10.3 Å². The van der Waals surface area contributed by atoms with Crippen LogP contribution in [0.15, 0.2) is 0 Å². The average molecular weight is 254 g/mol. The number of thiazole rings is 1. The Kier molecular flexibility index (Phi) is 6.14. The molecule has 0 bridgehead atoms. The van der Waals surface area contributed by atoms with Crippen molar-refractivity contribution in [1.29, 1.82) is 0 Å². The standard InChI is InChI=1S/C14H26N2S/c1-10(2)7-6-8-11(3)15-9-14-16-12(4)13(5)17-14/h10-11,15H,6-9H2,1-5H3. The van der Waals surface area contributed by atoms with Gasteiger partial charge in [0.2, 0.25) is 0 Å². The van der Waals surface area contributed by atoms with E-state index in [1.54, 1.807) is 0 Å². The molecule has 3 heteroatoms. The van der Waals surface area contributed by atoms with Crippen molar-refractivity contribution in [2.75, 3.05) is 0 Å². The zero-order valence-electron chi connectivity index (χ0n) is 11.8. The quantitative estimate of drug-likeness (QED) is 0.793. The van der Waals surface area contributed by atoms with Gasteiger partial charge in [-0.2, -0.15) is 0 Å². The highest BCUT2D eigenvalue weighted by Crippen LogP contribution is 2.16. The summed E-state index contributed by atoms with van der Waals surface area (Å²) in [4.78, 5) is 5.89. The summed E-state index contributed by atoms with van der Waals surface area (Å²) in [7, 11) is 0. The summed E-state index contributed by atoms with van der Waals surface area (Å²) in [6.07, 6.45) is 3.92. The second-order valence-corrected chi connectivity index (χ2v) is 6.64. The summed E-state index contributed by atoms with van der Waals surface area (Å²) < 4.78 is 0. The van der Waals surface area contributed by atoms with Crippen LogP contribution in [0.2, 0.25) is 0 Å². The fourth-order valence-corrected chi connectivity index (χ4v) is 2.70. The molecule has 2 nitrogen and oxygen atoms in total. The van der Waals surface area contributed by atoms with Gasteiger partial charge < -0.3 is 5.32 Å². The molecule has 0 spiro atoms. The van der Waals surface area contributed by atoms with E-state index in [1.807, 2.05) is 11.3 Å². The minimum atomic E-state index is 0.596. The first-order valence-corrected chi connectivity index (χ1v) is 7.47. The van der Waals surface area contributed by atoms with Crippen molar-refractivity contribution in [3.63, 3.8) is 0 Å². The lowest BCUT2D eigenvalue weighted by molar-refractivity contribution is 0.457. The smallest absolute Gasteiger partial charge is 0.107 e. The summed E-state index contributed by atoms with van der Waals surface area (Å²) in [5.41, 5.74) is 1.18. The molecule has 0 saturated heterocycles. The van der Waals surface area contributed by atoms with E-state index >= 15 is 0 Å². The molecule has 1 aromatic heterocycles. The maximum atomic E-state index is 4.55. The van der Waals surface area contributed by atoms with Gasteiger partial charge in [0.15, 0.2) is 0 Å². The molecular weight excluding hydrogens is 228 g/mol. The van der Waals surface area contributed by atoms with Crippen molar-refractivity contribution in [3.8, 4) is 0 Å². The molecule has 0 aliphatic rings. The molecule has 0 aliphatic heterocycles. The van der Waals surface area contributed by atoms with Crippen LogP contribution in [0.3, 0.4) is 0 Å². The van der Waals surface area contributed by atoms with E-state index in [1.165, 1.54) is 34.8 Å². The van der Waals surface area contributed by atoms with Crippen molar-refractivity contribution in [2.45, 2.75) is 66.5 Å². The molecule has 1 rings (SSSR count). The van der Waals surface area contributed by atoms with Crippen LogP contribution in [0.4, 0.5) is 0 Å². The van der Waals surface area contributed by atoms with Crippen LogP contribution in [0.5, 0.6) is 0 Å². The van der Waals surface area contributed by atoms with Crippen molar-refractivity contribution < 1.29 is 0 Å². The second kappa shape index (κ2) is 7.12. The topological polar surface area (TPSA) is 24.9 Å². The van der Waals surface area contributed by atoms with Gasteiger partial charge in [-0.05, 0) is 33.1 Å². The van der Waals surface area contributed by atoms with Gasteiger partial charge in [0.25, 0.3) is 0 Å². The monoisotopic (exact) mass is 254 g/mol. The summed E-state index contributed by atoms with van der Waals surface area (Å²) >= 11 is 1.81. The van der Waals surface area contributed by atoms with E-state index in [2.05, 4.69) is 44.9 Å². The lowest BCUT2D eigenvalue weighted by atomic mass is 10.0. The van der Waals surface area contributed by atoms with Gasteiger partial charge in [-0.3, -0.25) is 0 Å². The van der Waals surface area contributed by atoms with Gasteiger partial charge in [0.1, 0.15) is 5.01 Å². The third kappa shape index (κ3) is 5.64. The number of nitrogens with zero attached hydrogens (tertiary/aromatic N) is 1. The Hall–Kier alpha value is -0.410. The van der Waals surface area contributed by atoms with Gasteiger partial charge >= 0.3 is 0 Å². The highest BCUT2D eigenvalue weighted by Gasteiger charge is 2.06. The summed E-state index contributed by atoms with van der Waals surface area (Å²) in [5.74, 6) is 0.825. The van der Waals surface area contributed by atoms with Gasteiger partial charge in [0.05, 0.1) is 5.69 Å². The molecule has 1 atom stereocenters. The van der Waals surface area contributed by atoms with Crippen LogP contribution in [0.25, 0.3) is 0 Å². The van der Waals surface area contributed by atoms with E-state index < -0.39 is 0 Å². The predicted molar refractivity (Wildman–Crippen MR) is 76.6 cm³/mol. The number of rotatable bonds is 7. The molecule has 1 heterocycles. The third-order valence-corrected chi connectivity index (χ3v) is 4.17. The molecule has 1 unspecified atom stereocenters. The van der Waals surface area contributed by atoms with Crippen LogP contribution in [0.1, 0.15) is 55.6 Å². The van der Waals surface area contributed by atoms with Gasteiger partial charge in [0, 0.05) is 17.5 Å². The van der Waals surface area contributed by atoms with E-state index in [-0.39, 0.29) is 0 Å². The Balaban J connectivity index is 2.21. The van der Waals surface area contributed by atoms with Gasteiger partial charge in [-0.25, -0.2) is 4.98 Å². The molecule has 0 fully saturated rings. The maximum Gasteiger partial charge on any atom is 0.107 e. The molecule has 0 radical (unpaired) electrons. The minimum Gasteiger partial charge on any atom is -0.308 e. The van der Waals surface area contributed by atoms with Crippen LogP contribution in [-0.2, 0) is 6.54 Å². The normalized spacial score (nSPS) is 13.3. The Morgan fingerprint density at radius 1 is 1.18 bits per heavy atom. The first-order valence-electron chi connectivity index (χ1n) is 6.65. The van der Waals surface area contributed by atoms with Gasteiger partial charge in [-0.15, -0.1) is 11.3 Å². The van der Waals surface area contributed by atoms with Crippen molar-refractivity contribution >= 4 is 11.3 Å². The number of aromatic nitrogens is 1. The molecule has 17 heavy (non-hydrogen) atoms. The first-order chi connectivity index (χ1) is 7.99. The fourth-order valence-electron chi connectivity index (χ4n) is 1.81. The van der Waals surface area contributed by atoms with E-state index in [0.717, 1.165) is 12.5 Å². The predicted octanol–water partition coefficient (Wildman–Crippen LogP) is 4.06. The summed E-state index contributed by atoms with van der Waals surface area (Å²) in [6.45, 7) is 12.0. The number of aryl methyl sites for hydroxylation is 2. The lowest BCUT2D eigenvalue weighted by Crippen LogP contribution is -2.25. The maximum absolute atomic E-state index is 4.55. The van der Waals surface area contributed by atoms with Crippen molar-refractivity contribution in [3.05, 3.63) is 15.6 Å². The molecule has 0 saturated carbocycles. The van der Waals surface area contributed by atoms with E-state index in [9.17, 15) is 0 Å². The minimum absolute atomic E-state index is 0.596. The molecule has 0 amide bonds. The molecule has 1 N–H and O–H groups in total. The Morgan fingerprint density at radius 3 is 2.41 bits per heavy atom. The highest BCUT2D eigenvalue weighted by atomic mass is 32.1. The zero-order chi connectivity index (χ0) is 12.8. The number of hydrogen-bond donors (Lipinski definition) is 1. The molecule has 0 aliphatic carbocycles. The lowest BCUT2D eigenvalue weighted by Gasteiger charge is -2.13.